The largest absolute Gasteiger partial charge is 0.433 e. The fraction of sp³-hybridized carbons (Fsp3) is 0.579. The first-order valence-electron chi connectivity index (χ1n) is 9.59. The second-order valence-electron chi connectivity index (χ2n) is 7.69. The first-order valence-corrected chi connectivity index (χ1v) is 9.59. The topological polar surface area (TPSA) is 58.0 Å². The summed E-state index contributed by atoms with van der Waals surface area (Å²) in [4.78, 5) is 21.1. The maximum atomic E-state index is 13.1. The van der Waals surface area contributed by atoms with Gasteiger partial charge < -0.3 is 9.80 Å². The molecule has 1 aliphatic heterocycles. The Morgan fingerprint density at radius 2 is 1.79 bits per heavy atom. The molecule has 2 fully saturated rings. The number of aromatic nitrogens is 4. The van der Waals surface area contributed by atoms with Crippen LogP contribution in [0.3, 0.4) is 0 Å². The summed E-state index contributed by atoms with van der Waals surface area (Å²) in [5.41, 5.74) is -0.893. The van der Waals surface area contributed by atoms with Crippen LogP contribution in [0.25, 0.3) is 0 Å². The van der Waals surface area contributed by atoms with Gasteiger partial charge in [0.1, 0.15) is 17.3 Å². The Kier molecular flexibility index (Phi) is 4.84. The van der Waals surface area contributed by atoms with Crippen molar-refractivity contribution in [2.24, 2.45) is 0 Å². The first-order chi connectivity index (χ1) is 13.3. The first kappa shape index (κ1) is 18.9. The van der Waals surface area contributed by atoms with E-state index in [1.807, 2.05) is 24.8 Å². The summed E-state index contributed by atoms with van der Waals surface area (Å²) >= 11 is 0. The van der Waals surface area contributed by atoms with Crippen molar-refractivity contribution in [1.29, 1.82) is 0 Å². The molecule has 28 heavy (non-hydrogen) atoms. The van der Waals surface area contributed by atoms with E-state index in [1.54, 1.807) is 6.20 Å². The molecule has 2 aromatic heterocycles. The summed E-state index contributed by atoms with van der Waals surface area (Å²) in [6.45, 7) is 5.57. The van der Waals surface area contributed by atoms with Crippen LogP contribution in [0.5, 0.6) is 0 Å². The Morgan fingerprint density at radius 3 is 2.46 bits per heavy atom. The van der Waals surface area contributed by atoms with Crippen molar-refractivity contribution in [1.82, 2.24) is 19.9 Å². The van der Waals surface area contributed by atoms with Gasteiger partial charge in [-0.25, -0.2) is 19.9 Å². The highest BCUT2D eigenvalue weighted by molar-refractivity contribution is 5.44. The van der Waals surface area contributed by atoms with Crippen LogP contribution in [0.2, 0.25) is 0 Å². The van der Waals surface area contributed by atoms with Crippen molar-refractivity contribution in [3.05, 3.63) is 36.0 Å². The van der Waals surface area contributed by atoms with Crippen molar-refractivity contribution >= 4 is 11.8 Å². The van der Waals surface area contributed by atoms with Gasteiger partial charge in [-0.1, -0.05) is 13.8 Å². The highest BCUT2D eigenvalue weighted by Gasteiger charge is 2.40. The van der Waals surface area contributed by atoms with Gasteiger partial charge in [-0.3, -0.25) is 0 Å². The number of hydrogen-bond acceptors (Lipinski definition) is 6. The molecule has 1 saturated carbocycles. The van der Waals surface area contributed by atoms with E-state index in [9.17, 15) is 13.2 Å². The predicted molar refractivity (Wildman–Crippen MR) is 99.3 cm³/mol. The van der Waals surface area contributed by atoms with Crippen LogP contribution in [0, 0.1) is 0 Å². The summed E-state index contributed by atoms with van der Waals surface area (Å²) in [6, 6.07) is 3.08. The Labute approximate surface area is 161 Å². The van der Waals surface area contributed by atoms with Crippen LogP contribution in [0.1, 0.15) is 50.5 Å². The lowest BCUT2D eigenvalue weighted by molar-refractivity contribution is -0.141. The molecule has 0 spiro atoms. The van der Waals surface area contributed by atoms with Crippen molar-refractivity contribution < 1.29 is 13.2 Å². The third-order valence-corrected chi connectivity index (χ3v) is 5.16. The molecule has 1 aliphatic carbocycles. The minimum atomic E-state index is -4.47. The molecule has 0 bridgehead atoms. The monoisotopic (exact) mass is 392 g/mol. The molecule has 2 aromatic rings. The van der Waals surface area contributed by atoms with Gasteiger partial charge in [-0.15, -0.1) is 0 Å². The Balaban J connectivity index is 1.55. The highest BCUT2D eigenvalue weighted by Crippen LogP contribution is 2.36. The van der Waals surface area contributed by atoms with E-state index < -0.39 is 11.9 Å². The lowest BCUT2D eigenvalue weighted by Crippen LogP contribution is -2.41. The van der Waals surface area contributed by atoms with Gasteiger partial charge in [0.25, 0.3) is 0 Å². The number of hydrogen-bond donors (Lipinski definition) is 0. The summed E-state index contributed by atoms with van der Waals surface area (Å²) in [5.74, 6) is 2.07. The fourth-order valence-corrected chi connectivity index (χ4v) is 3.60. The average Bonchev–Trinajstić information content (AvgIpc) is 3.37. The van der Waals surface area contributed by atoms with Crippen LogP contribution in [0.15, 0.2) is 24.5 Å². The highest BCUT2D eigenvalue weighted by atomic mass is 19.4. The van der Waals surface area contributed by atoms with E-state index in [0.29, 0.717) is 6.54 Å². The number of nitrogens with zero attached hydrogens (tertiary/aromatic N) is 6. The van der Waals surface area contributed by atoms with Crippen molar-refractivity contribution in [2.75, 3.05) is 22.9 Å². The molecular weight excluding hydrogens is 369 g/mol. The zero-order valence-corrected chi connectivity index (χ0v) is 15.9. The molecule has 0 aromatic carbocycles. The zero-order chi connectivity index (χ0) is 19.9. The Morgan fingerprint density at radius 1 is 1.04 bits per heavy atom. The van der Waals surface area contributed by atoms with Gasteiger partial charge >= 0.3 is 6.18 Å². The van der Waals surface area contributed by atoms with E-state index in [-0.39, 0.29) is 23.9 Å². The SMILES string of the molecule is CC(C)c1nccc(N2CCC(N(c3nccc(C(F)(F)F)n3)C3CC3)C2)n1. The van der Waals surface area contributed by atoms with Gasteiger partial charge in [-0.2, -0.15) is 13.2 Å². The third-order valence-electron chi connectivity index (χ3n) is 5.16. The minimum absolute atomic E-state index is 0.0634. The van der Waals surface area contributed by atoms with Crippen LogP contribution in [-0.2, 0) is 6.18 Å². The molecule has 9 heteroatoms. The molecule has 0 amide bonds. The van der Waals surface area contributed by atoms with E-state index in [1.165, 1.54) is 6.20 Å². The maximum absolute atomic E-state index is 13.1. The molecule has 1 saturated heterocycles. The molecule has 4 rings (SSSR count). The van der Waals surface area contributed by atoms with E-state index in [2.05, 4.69) is 24.8 Å². The molecular formula is C19H23F3N6. The lowest BCUT2D eigenvalue weighted by atomic mass is 10.2. The van der Waals surface area contributed by atoms with E-state index >= 15 is 0 Å². The van der Waals surface area contributed by atoms with Gasteiger partial charge in [0.15, 0.2) is 0 Å². The van der Waals surface area contributed by atoms with E-state index in [0.717, 1.165) is 43.5 Å². The predicted octanol–water partition coefficient (Wildman–Crippen LogP) is 3.66. The minimum Gasteiger partial charge on any atom is -0.354 e. The second-order valence-corrected chi connectivity index (χ2v) is 7.69. The number of anilines is 2. The maximum Gasteiger partial charge on any atom is 0.433 e. The number of rotatable bonds is 5. The molecule has 0 radical (unpaired) electrons. The van der Waals surface area contributed by atoms with Crippen LogP contribution in [0.4, 0.5) is 24.9 Å². The second kappa shape index (κ2) is 7.18. The lowest BCUT2D eigenvalue weighted by Gasteiger charge is -2.29. The molecule has 1 atom stereocenters. The van der Waals surface area contributed by atoms with Crippen LogP contribution < -0.4 is 9.80 Å². The van der Waals surface area contributed by atoms with Crippen LogP contribution >= 0.6 is 0 Å². The third kappa shape index (κ3) is 3.88. The van der Waals surface area contributed by atoms with Crippen molar-refractivity contribution in [2.45, 2.75) is 57.3 Å². The summed E-state index contributed by atoms with van der Waals surface area (Å²) in [5, 5.41) is 0. The molecule has 150 valence electrons. The molecule has 3 heterocycles. The zero-order valence-electron chi connectivity index (χ0n) is 15.9. The summed E-state index contributed by atoms with van der Waals surface area (Å²) < 4.78 is 39.2. The van der Waals surface area contributed by atoms with Crippen LogP contribution in [-0.4, -0.2) is 45.1 Å². The molecule has 0 N–H and O–H groups in total. The van der Waals surface area contributed by atoms with Gasteiger partial charge in [0, 0.05) is 37.4 Å². The van der Waals surface area contributed by atoms with Crippen molar-refractivity contribution in [3.63, 3.8) is 0 Å². The van der Waals surface area contributed by atoms with Crippen molar-refractivity contribution in [3.8, 4) is 0 Å². The molecule has 1 unspecified atom stereocenters. The number of alkyl halides is 3. The summed E-state index contributed by atoms with van der Waals surface area (Å²) in [6.07, 6.45) is 1.24. The van der Waals surface area contributed by atoms with Gasteiger partial charge in [0.05, 0.1) is 6.04 Å². The Hall–Kier alpha value is -2.45. The Bertz CT molecular complexity index is 836. The summed E-state index contributed by atoms with van der Waals surface area (Å²) in [7, 11) is 0. The standard InChI is InChI=1S/C19H23F3N6/c1-12(2)17-23-9-6-16(26-17)27-10-7-14(11-27)28(13-3-4-13)18-24-8-5-15(25-18)19(20,21)22/h5-6,8-9,12-14H,3-4,7,10-11H2,1-2H3. The fourth-order valence-electron chi connectivity index (χ4n) is 3.60. The average molecular weight is 392 g/mol. The van der Waals surface area contributed by atoms with E-state index in [4.69, 9.17) is 0 Å². The van der Waals surface area contributed by atoms with Gasteiger partial charge in [-0.05, 0) is 31.4 Å². The number of halogens is 3. The normalized spacial score (nSPS) is 20.1. The molecule has 6 nitrogen and oxygen atoms in total. The molecule has 2 aliphatic rings. The van der Waals surface area contributed by atoms with Gasteiger partial charge in [0.2, 0.25) is 5.95 Å². The quantitative estimate of drug-likeness (QED) is 0.774. The smallest absolute Gasteiger partial charge is 0.354 e.